The molecular formula is C15H23NO. The normalized spacial score (nSPS) is 15.9. The third-order valence-electron chi connectivity index (χ3n) is 2.77. The molecule has 94 valence electrons. The predicted octanol–water partition coefficient (Wildman–Crippen LogP) is 3.16. The lowest BCUT2D eigenvalue weighted by atomic mass is 10.1. The van der Waals surface area contributed by atoms with Gasteiger partial charge in [-0.15, -0.1) is 0 Å². The fourth-order valence-corrected chi connectivity index (χ4v) is 1.79. The van der Waals surface area contributed by atoms with E-state index < -0.39 is 0 Å². The molecule has 2 heteroatoms. The van der Waals surface area contributed by atoms with Gasteiger partial charge < -0.3 is 10.1 Å². The first-order valence-electron chi connectivity index (χ1n) is 6.54. The zero-order valence-electron chi connectivity index (χ0n) is 11.1. The summed E-state index contributed by atoms with van der Waals surface area (Å²) in [5.41, 5.74) is 1.26. The Morgan fingerprint density at radius 3 is 2.35 bits per heavy atom. The summed E-state index contributed by atoms with van der Waals surface area (Å²) in [6.45, 7) is 7.30. The molecule has 2 nitrogen and oxygen atoms in total. The molecule has 1 aromatic rings. The third kappa shape index (κ3) is 4.78. The third-order valence-corrected chi connectivity index (χ3v) is 2.77. The summed E-state index contributed by atoms with van der Waals surface area (Å²) >= 11 is 0. The van der Waals surface area contributed by atoms with E-state index in [2.05, 4.69) is 50.4 Å². The smallest absolute Gasteiger partial charge is 0.120 e. The van der Waals surface area contributed by atoms with Crippen LogP contribution in [-0.4, -0.2) is 18.2 Å². The molecule has 0 atom stereocenters. The first-order valence-corrected chi connectivity index (χ1v) is 6.54. The van der Waals surface area contributed by atoms with Crippen molar-refractivity contribution >= 4 is 0 Å². The molecule has 0 bridgehead atoms. The molecule has 0 heterocycles. The first-order chi connectivity index (χ1) is 8.03. The number of nitrogens with one attached hydrogen (secondary N) is 1. The molecule has 1 saturated carbocycles. The average Bonchev–Trinajstić information content (AvgIpc) is 3.02. The molecule has 0 radical (unpaired) electrons. The van der Waals surface area contributed by atoms with Crippen LogP contribution in [0.5, 0.6) is 5.75 Å². The largest absolute Gasteiger partial charge is 0.488 e. The highest BCUT2D eigenvalue weighted by Gasteiger charge is 2.19. The van der Waals surface area contributed by atoms with E-state index in [0.29, 0.717) is 0 Å². The van der Waals surface area contributed by atoms with Gasteiger partial charge in [0.05, 0.1) is 0 Å². The van der Waals surface area contributed by atoms with Gasteiger partial charge in [-0.25, -0.2) is 0 Å². The molecule has 1 aromatic carbocycles. The number of benzene rings is 1. The Labute approximate surface area is 104 Å². The van der Waals surface area contributed by atoms with E-state index in [-0.39, 0.29) is 5.60 Å². The van der Waals surface area contributed by atoms with Crippen LogP contribution < -0.4 is 10.1 Å². The summed E-state index contributed by atoms with van der Waals surface area (Å²) in [4.78, 5) is 0. The lowest BCUT2D eigenvalue weighted by molar-refractivity contribution is 0.131. The Hall–Kier alpha value is -1.02. The lowest BCUT2D eigenvalue weighted by Crippen LogP contribution is -2.23. The minimum atomic E-state index is -0.116. The van der Waals surface area contributed by atoms with Crippen molar-refractivity contribution in [3.63, 3.8) is 0 Å². The van der Waals surface area contributed by atoms with Gasteiger partial charge in [0, 0.05) is 6.04 Å². The van der Waals surface area contributed by atoms with Gasteiger partial charge in [0.25, 0.3) is 0 Å². The Morgan fingerprint density at radius 2 is 1.82 bits per heavy atom. The molecule has 17 heavy (non-hydrogen) atoms. The Balaban J connectivity index is 1.79. The second kappa shape index (κ2) is 5.09. The monoisotopic (exact) mass is 233 g/mol. The summed E-state index contributed by atoms with van der Waals surface area (Å²) in [7, 11) is 0. The van der Waals surface area contributed by atoms with E-state index in [1.807, 2.05) is 0 Å². The highest BCUT2D eigenvalue weighted by molar-refractivity contribution is 5.27. The van der Waals surface area contributed by atoms with Crippen LogP contribution in [0.2, 0.25) is 0 Å². The van der Waals surface area contributed by atoms with E-state index in [0.717, 1.165) is 24.8 Å². The van der Waals surface area contributed by atoms with Crippen LogP contribution in [0, 0.1) is 0 Å². The molecule has 0 saturated heterocycles. The first kappa shape index (κ1) is 12.4. The van der Waals surface area contributed by atoms with Crippen molar-refractivity contribution in [3.05, 3.63) is 29.8 Å². The van der Waals surface area contributed by atoms with Gasteiger partial charge >= 0.3 is 0 Å². The van der Waals surface area contributed by atoms with Gasteiger partial charge in [0.15, 0.2) is 0 Å². The maximum Gasteiger partial charge on any atom is 0.120 e. The minimum absolute atomic E-state index is 0.116. The Bertz CT molecular complexity index is 346. The standard InChI is InChI=1S/C15H23NO/c1-15(2,3)17-14-8-4-12(5-9-14)10-11-16-13-6-7-13/h4-5,8-9,13,16H,6-7,10-11H2,1-3H3. The number of ether oxygens (including phenoxy) is 1. The maximum atomic E-state index is 5.79. The fourth-order valence-electron chi connectivity index (χ4n) is 1.79. The SMILES string of the molecule is CC(C)(C)Oc1ccc(CCNC2CC2)cc1. The van der Waals surface area contributed by atoms with Crippen LogP contribution in [0.25, 0.3) is 0 Å². The summed E-state index contributed by atoms with van der Waals surface area (Å²) < 4.78 is 5.79. The molecule has 2 rings (SSSR count). The summed E-state index contributed by atoms with van der Waals surface area (Å²) in [5, 5.41) is 3.53. The van der Waals surface area contributed by atoms with E-state index >= 15 is 0 Å². The van der Waals surface area contributed by atoms with Crippen molar-refractivity contribution in [2.45, 2.75) is 51.7 Å². The van der Waals surface area contributed by atoms with Gasteiger partial charge in [-0.3, -0.25) is 0 Å². The second-order valence-electron chi connectivity index (χ2n) is 5.84. The molecule has 0 amide bonds. The van der Waals surface area contributed by atoms with Crippen molar-refractivity contribution in [2.24, 2.45) is 0 Å². The zero-order valence-corrected chi connectivity index (χ0v) is 11.1. The van der Waals surface area contributed by atoms with Crippen LogP contribution in [-0.2, 0) is 6.42 Å². The molecule has 1 fully saturated rings. The summed E-state index contributed by atoms with van der Waals surface area (Å²) in [6.07, 6.45) is 3.82. The second-order valence-corrected chi connectivity index (χ2v) is 5.84. The van der Waals surface area contributed by atoms with Gasteiger partial charge in [-0.1, -0.05) is 12.1 Å². The number of rotatable bonds is 5. The van der Waals surface area contributed by atoms with Crippen LogP contribution >= 0.6 is 0 Å². The van der Waals surface area contributed by atoms with E-state index in [4.69, 9.17) is 4.74 Å². The number of hydrogen-bond acceptors (Lipinski definition) is 2. The molecular weight excluding hydrogens is 210 g/mol. The average molecular weight is 233 g/mol. The van der Waals surface area contributed by atoms with Crippen molar-refractivity contribution in [1.82, 2.24) is 5.32 Å². The Kier molecular flexibility index (Phi) is 3.72. The molecule has 1 aliphatic carbocycles. The quantitative estimate of drug-likeness (QED) is 0.843. The molecule has 0 unspecified atom stereocenters. The van der Waals surface area contributed by atoms with E-state index in [1.165, 1.54) is 18.4 Å². The van der Waals surface area contributed by atoms with Gasteiger partial charge in [0.2, 0.25) is 0 Å². The van der Waals surface area contributed by atoms with E-state index in [1.54, 1.807) is 0 Å². The van der Waals surface area contributed by atoms with Crippen molar-refractivity contribution in [1.29, 1.82) is 0 Å². The molecule has 0 aromatic heterocycles. The maximum absolute atomic E-state index is 5.79. The van der Waals surface area contributed by atoms with Crippen molar-refractivity contribution < 1.29 is 4.74 Å². The van der Waals surface area contributed by atoms with Crippen molar-refractivity contribution in [2.75, 3.05) is 6.54 Å². The molecule has 0 spiro atoms. The van der Waals surface area contributed by atoms with E-state index in [9.17, 15) is 0 Å². The van der Waals surface area contributed by atoms with Gasteiger partial charge in [0.1, 0.15) is 11.4 Å². The zero-order chi connectivity index (χ0) is 12.3. The minimum Gasteiger partial charge on any atom is -0.488 e. The van der Waals surface area contributed by atoms with Crippen LogP contribution in [0.1, 0.15) is 39.2 Å². The number of hydrogen-bond donors (Lipinski definition) is 1. The molecule has 1 N–H and O–H groups in total. The highest BCUT2D eigenvalue weighted by Crippen LogP contribution is 2.20. The fraction of sp³-hybridized carbons (Fsp3) is 0.600. The van der Waals surface area contributed by atoms with Gasteiger partial charge in [-0.2, -0.15) is 0 Å². The summed E-state index contributed by atoms with van der Waals surface area (Å²) in [5.74, 6) is 0.955. The van der Waals surface area contributed by atoms with Crippen LogP contribution in [0.3, 0.4) is 0 Å². The predicted molar refractivity (Wildman–Crippen MR) is 71.6 cm³/mol. The van der Waals surface area contributed by atoms with Gasteiger partial charge in [-0.05, 0) is 64.3 Å². The highest BCUT2D eigenvalue weighted by atomic mass is 16.5. The lowest BCUT2D eigenvalue weighted by Gasteiger charge is -2.21. The van der Waals surface area contributed by atoms with Crippen molar-refractivity contribution in [3.8, 4) is 5.75 Å². The molecule has 0 aliphatic heterocycles. The van der Waals surface area contributed by atoms with Crippen LogP contribution in [0.15, 0.2) is 24.3 Å². The summed E-state index contributed by atoms with van der Waals surface area (Å²) in [6, 6.07) is 9.26. The van der Waals surface area contributed by atoms with Crippen LogP contribution in [0.4, 0.5) is 0 Å². The Morgan fingerprint density at radius 1 is 1.18 bits per heavy atom. The topological polar surface area (TPSA) is 21.3 Å². The molecule has 1 aliphatic rings.